The summed E-state index contributed by atoms with van der Waals surface area (Å²) in [5.74, 6) is 0.990. The lowest BCUT2D eigenvalue weighted by Gasteiger charge is -2.13. The number of anilines is 2. The highest BCUT2D eigenvalue weighted by Gasteiger charge is 2.10. The van der Waals surface area contributed by atoms with Crippen LogP contribution in [0.4, 0.5) is 11.5 Å². The lowest BCUT2D eigenvalue weighted by Crippen LogP contribution is -2.11. The monoisotopic (exact) mass is 279 g/mol. The van der Waals surface area contributed by atoms with Crippen molar-refractivity contribution in [1.29, 1.82) is 0 Å². The molecule has 0 fully saturated rings. The van der Waals surface area contributed by atoms with E-state index >= 15 is 0 Å². The van der Waals surface area contributed by atoms with Crippen molar-refractivity contribution >= 4 is 22.8 Å². The second kappa shape index (κ2) is 5.83. The molecule has 0 unspecified atom stereocenters. The number of nitrogens with zero attached hydrogens (tertiary/aromatic N) is 3. The van der Waals surface area contributed by atoms with Gasteiger partial charge in [0, 0.05) is 11.1 Å². The summed E-state index contributed by atoms with van der Waals surface area (Å²) in [5, 5.41) is 4.21. The van der Waals surface area contributed by atoms with Crippen molar-refractivity contribution < 1.29 is 4.74 Å². The number of nitrogens with one attached hydrogen (secondary N) is 1. The quantitative estimate of drug-likeness (QED) is 0.872. The van der Waals surface area contributed by atoms with Crippen LogP contribution in [-0.2, 0) is 6.54 Å². The van der Waals surface area contributed by atoms with E-state index in [-0.39, 0.29) is 6.10 Å². The first-order valence-electron chi connectivity index (χ1n) is 5.98. The SMILES string of the molecule is Cc1ncc(CNc2ncnc(OC(C)C)c2N)s1. The average molecular weight is 279 g/mol. The summed E-state index contributed by atoms with van der Waals surface area (Å²) < 4.78 is 5.52. The summed E-state index contributed by atoms with van der Waals surface area (Å²) in [5.41, 5.74) is 6.40. The molecule has 0 radical (unpaired) electrons. The fourth-order valence-electron chi connectivity index (χ4n) is 1.50. The highest BCUT2D eigenvalue weighted by molar-refractivity contribution is 7.11. The van der Waals surface area contributed by atoms with E-state index in [2.05, 4.69) is 20.3 Å². The van der Waals surface area contributed by atoms with E-state index in [9.17, 15) is 0 Å². The van der Waals surface area contributed by atoms with Gasteiger partial charge in [-0.2, -0.15) is 4.98 Å². The smallest absolute Gasteiger partial charge is 0.242 e. The van der Waals surface area contributed by atoms with Crippen molar-refractivity contribution in [3.05, 3.63) is 22.4 Å². The molecule has 0 aliphatic rings. The number of hydrogen-bond acceptors (Lipinski definition) is 7. The molecule has 0 aliphatic carbocycles. The van der Waals surface area contributed by atoms with Crippen LogP contribution in [-0.4, -0.2) is 21.1 Å². The van der Waals surface area contributed by atoms with E-state index in [1.807, 2.05) is 27.0 Å². The van der Waals surface area contributed by atoms with Crippen LogP contribution in [0.15, 0.2) is 12.5 Å². The molecule has 0 aromatic carbocycles. The molecule has 0 amide bonds. The van der Waals surface area contributed by atoms with Gasteiger partial charge in [0.1, 0.15) is 12.0 Å². The summed E-state index contributed by atoms with van der Waals surface area (Å²) in [4.78, 5) is 13.5. The Kier molecular flexibility index (Phi) is 4.16. The molecule has 0 saturated heterocycles. The minimum absolute atomic E-state index is 0.0224. The Balaban J connectivity index is 2.08. The first kappa shape index (κ1) is 13.5. The Morgan fingerprint density at radius 3 is 2.79 bits per heavy atom. The maximum absolute atomic E-state index is 5.98. The molecule has 7 heteroatoms. The van der Waals surface area contributed by atoms with Gasteiger partial charge in [0.25, 0.3) is 0 Å². The van der Waals surface area contributed by atoms with Crippen molar-refractivity contribution in [2.24, 2.45) is 0 Å². The van der Waals surface area contributed by atoms with Crippen LogP contribution in [0.5, 0.6) is 5.88 Å². The molecule has 3 N–H and O–H groups in total. The predicted molar refractivity (Wildman–Crippen MR) is 76.4 cm³/mol. The minimum Gasteiger partial charge on any atom is -0.473 e. The third-order valence-electron chi connectivity index (χ3n) is 2.29. The Morgan fingerprint density at radius 1 is 1.37 bits per heavy atom. The molecule has 2 aromatic rings. The van der Waals surface area contributed by atoms with E-state index < -0.39 is 0 Å². The van der Waals surface area contributed by atoms with Gasteiger partial charge in [-0.15, -0.1) is 11.3 Å². The van der Waals surface area contributed by atoms with Crippen LogP contribution in [0.2, 0.25) is 0 Å². The number of aromatic nitrogens is 3. The first-order valence-corrected chi connectivity index (χ1v) is 6.80. The molecule has 0 aliphatic heterocycles. The van der Waals surface area contributed by atoms with E-state index in [0.29, 0.717) is 23.9 Å². The molecule has 2 heterocycles. The van der Waals surface area contributed by atoms with Crippen molar-refractivity contribution in [2.75, 3.05) is 11.1 Å². The summed E-state index contributed by atoms with van der Waals surface area (Å²) in [6.07, 6.45) is 3.30. The van der Waals surface area contributed by atoms with Crippen LogP contribution in [0.25, 0.3) is 0 Å². The fraction of sp³-hybridized carbons (Fsp3) is 0.417. The predicted octanol–water partition coefficient (Wildman–Crippen LogP) is 2.22. The van der Waals surface area contributed by atoms with E-state index in [4.69, 9.17) is 10.5 Å². The van der Waals surface area contributed by atoms with Gasteiger partial charge in [-0.1, -0.05) is 0 Å². The maximum Gasteiger partial charge on any atom is 0.242 e. The third-order valence-corrected chi connectivity index (χ3v) is 3.21. The molecule has 2 rings (SSSR count). The zero-order valence-corrected chi connectivity index (χ0v) is 12.0. The second-order valence-corrected chi connectivity index (χ2v) is 5.63. The summed E-state index contributed by atoms with van der Waals surface area (Å²) in [6, 6.07) is 0. The van der Waals surface area contributed by atoms with Gasteiger partial charge in [0.15, 0.2) is 5.82 Å². The largest absolute Gasteiger partial charge is 0.473 e. The van der Waals surface area contributed by atoms with Crippen LogP contribution in [0, 0.1) is 6.92 Å². The van der Waals surface area contributed by atoms with Crippen LogP contribution in [0.1, 0.15) is 23.7 Å². The summed E-state index contributed by atoms with van der Waals surface area (Å²) >= 11 is 1.64. The number of thiazole rings is 1. The van der Waals surface area contributed by atoms with Crippen molar-refractivity contribution in [3.8, 4) is 5.88 Å². The zero-order chi connectivity index (χ0) is 13.8. The molecule has 0 saturated carbocycles. The molecule has 19 heavy (non-hydrogen) atoms. The molecule has 0 bridgehead atoms. The summed E-state index contributed by atoms with van der Waals surface area (Å²) in [6.45, 7) is 6.46. The van der Waals surface area contributed by atoms with E-state index in [0.717, 1.165) is 9.88 Å². The molecule has 6 nitrogen and oxygen atoms in total. The number of aryl methyl sites for hydroxylation is 1. The normalized spacial score (nSPS) is 10.7. The van der Waals surface area contributed by atoms with Crippen molar-refractivity contribution in [2.45, 2.75) is 33.4 Å². The molecule has 0 spiro atoms. The molecule has 0 atom stereocenters. The van der Waals surface area contributed by atoms with Crippen LogP contribution in [0.3, 0.4) is 0 Å². The number of nitrogens with two attached hydrogens (primary N) is 1. The average Bonchev–Trinajstić information content (AvgIpc) is 2.76. The minimum atomic E-state index is 0.0224. The van der Waals surface area contributed by atoms with Gasteiger partial charge in [-0.3, -0.25) is 0 Å². The number of hydrogen-bond donors (Lipinski definition) is 2. The van der Waals surface area contributed by atoms with Crippen molar-refractivity contribution in [1.82, 2.24) is 15.0 Å². The molecular formula is C12H17N5OS. The Hall–Kier alpha value is -1.89. The highest BCUT2D eigenvalue weighted by atomic mass is 32.1. The van der Waals surface area contributed by atoms with E-state index in [1.54, 1.807) is 11.3 Å². The Morgan fingerprint density at radius 2 is 2.16 bits per heavy atom. The Bertz CT molecular complexity index is 555. The van der Waals surface area contributed by atoms with Gasteiger partial charge >= 0.3 is 0 Å². The number of ether oxygens (including phenoxy) is 1. The van der Waals surface area contributed by atoms with E-state index in [1.165, 1.54) is 6.33 Å². The van der Waals surface area contributed by atoms with Crippen LogP contribution >= 0.6 is 11.3 Å². The third kappa shape index (κ3) is 3.54. The van der Waals surface area contributed by atoms with Gasteiger partial charge in [-0.25, -0.2) is 9.97 Å². The molecule has 2 aromatic heterocycles. The maximum atomic E-state index is 5.98. The van der Waals surface area contributed by atoms with Gasteiger partial charge < -0.3 is 15.8 Å². The lowest BCUT2D eigenvalue weighted by molar-refractivity contribution is 0.234. The highest BCUT2D eigenvalue weighted by Crippen LogP contribution is 2.26. The standard InChI is InChI=1S/C12H17N5OS/c1-7(2)18-12-10(13)11(16-6-17-12)15-5-9-4-14-8(3)19-9/h4,6-7H,5,13H2,1-3H3,(H,15,16,17). The first-order chi connectivity index (χ1) is 9.06. The van der Waals surface area contributed by atoms with Crippen molar-refractivity contribution in [3.63, 3.8) is 0 Å². The summed E-state index contributed by atoms with van der Waals surface area (Å²) in [7, 11) is 0. The van der Waals surface area contributed by atoms with Crippen LogP contribution < -0.4 is 15.8 Å². The topological polar surface area (TPSA) is 86.0 Å². The van der Waals surface area contributed by atoms with Gasteiger partial charge in [0.05, 0.1) is 17.7 Å². The number of rotatable bonds is 5. The zero-order valence-electron chi connectivity index (χ0n) is 11.2. The van der Waals surface area contributed by atoms with Gasteiger partial charge in [-0.05, 0) is 20.8 Å². The molecule has 102 valence electrons. The van der Waals surface area contributed by atoms with Gasteiger partial charge in [0.2, 0.25) is 5.88 Å². The lowest BCUT2D eigenvalue weighted by atomic mass is 10.4. The Labute approximate surface area is 116 Å². The second-order valence-electron chi connectivity index (χ2n) is 4.31. The number of nitrogen functional groups attached to an aromatic ring is 1. The molecular weight excluding hydrogens is 262 g/mol. The fourth-order valence-corrected chi connectivity index (χ4v) is 2.23.